The number of furan rings is 2. The summed E-state index contributed by atoms with van der Waals surface area (Å²) in [5, 5.41) is 9.65. The van der Waals surface area contributed by atoms with Gasteiger partial charge in [0.15, 0.2) is 0 Å². The second kappa shape index (κ2) is 18.0. The minimum Gasteiger partial charge on any atom is -0.458 e. The number of ether oxygens (including phenoxy) is 2. The average molecular weight is 1120 g/mol. The molecule has 0 radical (unpaired) electrons. The molecule has 0 saturated carbocycles. The first-order chi connectivity index (χ1) is 42.5. The maximum atomic E-state index is 7.56. The molecule has 0 aliphatic carbocycles. The van der Waals surface area contributed by atoms with E-state index in [1.807, 2.05) is 36.4 Å². The van der Waals surface area contributed by atoms with E-state index in [4.69, 9.17) is 29.9 Å². The van der Waals surface area contributed by atoms with Crippen LogP contribution >= 0.6 is 11.6 Å². The number of para-hydroxylation sites is 6. The molecule has 6 nitrogen and oxygen atoms in total. The Morgan fingerprint density at radius 2 is 0.721 bits per heavy atom. The lowest BCUT2D eigenvalue weighted by Gasteiger charge is -2.34. The Morgan fingerprint density at radius 1 is 0.291 bits per heavy atom. The molecule has 0 bridgehead atoms. The molecule has 17 aromatic rings. The van der Waals surface area contributed by atoms with Crippen molar-refractivity contribution in [2.24, 2.45) is 0 Å². The SMILES string of the molecule is Clc1ccc2c(c1)Oc1cc(-c3c(-c4ccc5oc6ccccc6c5c4)cccc3-n3c4ccccc4c4ccccc43)cc3c1B2c1ccc(-c2c(-c4ccc5c(c4)oc4ccccc45)cccc2-n2c4ccccc4c4ccccc42)cc1O3. The van der Waals surface area contributed by atoms with Crippen LogP contribution in [0.15, 0.2) is 276 Å². The topological polar surface area (TPSA) is 54.6 Å². The Bertz CT molecular complexity index is 5680. The Morgan fingerprint density at radius 3 is 1.31 bits per heavy atom. The summed E-state index contributed by atoms with van der Waals surface area (Å²) in [6.07, 6.45) is 0. The molecule has 0 spiro atoms. The fourth-order valence-corrected chi connectivity index (χ4v) is 14.6. The maximum Gasteiger partial charge on any atom is 0.260 e. The van der Waals surface area contributed by atoms with E-state index in [0.717, 1.165) is 150 Å². The van der Waals surface area contributed by atoms with Gasteiger partial charge >= 0.3 is 0 Å². The first-order valence-corrected chi connectivity index (χ1v) is 29.5. The molecular formula is C78H44BClN2O4. The van der Waals surface area contributed by atoms with Gasteiger partial charge in [-0.1, -0.05) is 175 Å². The highest BCUT2D eigenvalue weighted by molar-refractivity contribution is 6.98. The third-order valence-corrected chi connectivity index (χ3v) is 18.4. The minimum atomic E-state index is -0.237. The van der Waals surface area contributed by atoms with Gasteiger partial charge in [0, 0.05) is 64.7 Å². The number of rotatable bonds is 6. The fraction of sp³-hybridized carbons (Fsp3) is 0. The van der Waals surface area contributed by atoms with Crippen LogP contribution in [0.4, 0.5) is 0 Å². The summed E-state index contributed by atoms with van der Waals surface area (Å²) >= 11 is 6.91. The number of nitrogens with zero attached hydrogens (tertiary/aromatic N) is 2. The molecule has 0 atom stereocenters. The van der Waals surface area contributed by atoms with E-state index in [9.17, 15) is 0 Å². The molecule has 0 amide bonds. The average Bonchev–Trinajstić information content (AvgIpc) is 1.44. The Balaban J connectivity index is 0.857. The standard InChI is InChI=1S/C78H44BClN2O4/c80-49-34-37-61-73(44-49)86-75-43-48(77-50(45-33-38-70-59(39-45)57-20-6-12-30-69(57)83-70)21-13-28-67(77)82-64-25-9-3-17-54(64)55-18-4-10-26-65(55)82)42-74-78(75)79(61)60-36-32-47(41-72(60)85-74)76-51(46-31-35-58-56-19-5-11-29-68(56)84-71(58)40-46)22-14-27-66(76)81-62-23-7-1-15-52(62)53-16-2-8-24-63(53)81/h1-44H. The van der Waals surface area contributed by atoms with Crippen molar-refractivity contribution in [2.45, 2.75) is 0 Å². The van der Waals surface area contributed by atoms with Crippen molar-refractivity contribution in [3.63, 3.8) is 0 Å². The second-order valence-corrected chi connectivity index (χ2v) is 23.2. The predicted molar refractivity (Wildman–Crippen MR) is 354 cm³/mol. The second-order valence-electron chi connectivity index (χ2n) is 22.7. The van der Waals surface area contributed by atoms with E-state index in [-0.39, 0.29) is 6.71 Å². The molecule has 8 heteroatoms. The van der Waals surface area contributed by atoms with Gasteiger partial charge in [-0.3, -0.25) is 0 Å². The van der Waals surface area contributed by atoms with Crippen molar-refractivity contribution in [1.82, 2.24) is 9.13 Å². The number of fused-ring (bicyclic) bond motifs is 16. The van der Waals surface area contributed by atoms with Gasteiger partial charge in [0.2, 0.25) is 0 Å². The molecule has 6 heterocycles. The van der Waals surface area contributed by atoms with Crippen molar-refractivity contribution < 1.29 is 18.3 Å². The Labute approximate surface area is 497 Å². The van der Waals surface area contributed by atoms with Gasteiger partial charge in [-0.2, -0.15) is 0 Å². The lowest BCUT2D eigenvalue weighted by Crippen LogP contribution is -2.57. The van der Waals surface area contributed by atoms with Crippen LogP contribution in [0, 0.1) is 0 Å². The van der Waals surface area contributed by atoms with Gasteiger partial charge in [0.05, 0.1) is 33.4 Å². The third kappa shape index (κ3) is 6.86. The molecule has 19 rings (SSSR count). The van der Waals surface area contributed by atoms with E-state index in [1.54, 1.807) is 0 Å². The van der Waals surface area contributed by atoms with Crippen LogP contribution in [0.25, 0.3) is 143 Å². The molecule has 86 heavy (non-hydrogen) atoms. The zero-order chi connectivity index (χ0) is 56.3. The maximum absolute atomic E-state index is 7.56. The molecular weight excluding hydrogens is 1080 g/mol. The van der Waals surface area contributed by atoms with Crippen LogP contribution < -0.4 is 25.9 Å². The van der Waals surface area contributed by atoms with Gasteiger partial charge in [-0.25, -0.2) is 0 Å². The van der Waals surface area contributed by atoms with Gasteiger partial charge in [-0.15, -0.1) is 0 Å². The molecule has 2 aliphatic rings. The first kappa shape index (κ1) is 47.5. The summed E-state index contributed by atoms with van der Waals surface area (Å²) in [6, 6.07) is 95.1. The van der Waals surface area contributed by atoms with Crippen LogP contribution in [0.1, 0.15) is 0 Å². The normalized spacial score (nSPS) is 12.6. The predicted octanol–water partition coefficient (Wildman–Crippen LogP) is 19.7. The van der Waals surface area contributed by atoms with Crippen molar-refractivity contribution >= 4 is 122 Å². The summed E-state index contributed by atoms with van der Waals surface area (Å²) in [4.78, 5) is 0. The van der Waals surface area contributed by atoms with Crippen LogP contribution in [0.5, 0.6) is 23.0 Å². The molecule has 0 fully saturated rings. The largest absolute Gasteiger partial charge is 0.458 e. The van der Waals surface area contributed by atoms with E-state index in [1.165, 1.54) is 21.5 Å². The molecule has 4 aromatic heterocycles. The Hall–Kier alpha value is -11.0. The number of hydrogen-bond acceptors (Lipinski definition) is 4. The monoisotopic (exact) mass is 1120 g/mol. The number of benzene rings is 13. The van der Waals surface area contributed by atoms with E-state index >= 15 is 0 Å². The molecule has 0 unspecified atom stereocenters. The van der Waals surface area contributed by atoms with Crippen LogP contribution in [0.2, 0.25) is 5.02 Å². The zero-order valence-corrected chi connectivity index (χ0v) is 46.6. The summed E-state index contributed by atoms with van der Waals surface area (Å²) in [5.74, 6) is 2.91. The van der Waals surface area contributed by atoms with Gasteiger partial charge in [0.25, 0.3) is 6.71 Å². The summed E-state index contributed by atoms with van der Waals surface area (Å²) in [6.45, 7) is -0.237. The van der Waals surface area contributed by atoms with Gasteiger partial charge in [-0.05, 0) is 147 Å². The molecule has 400 valence electrons. The van der Waals surface area contributed by atoms with Crippen LogP contribution in [-0.2, 0) is 0 Å². The van der Waals surface area contributed by atoms with E-state index < -0.39 is 0 Å². The summed E-state index contributed by atoms with van der Waals surface area (Å²) in [5.41, 5.74) is 21.2. The summed E-state index contributed by atoms with van der Waals surface area (Å²) < 4.78 is 32.5. The van der Waals surface area contributed by atoms with Crippen LogP contribution in [-0.4, -0.2) is 15.8 Å². The molecule has 0 saturated heterocycles. The number of hydrogen-bond donors (Lipinski definition) is 0. The van der Waals surface area contributed by atoms with Crippen molar-refractivity contribution in [1.29, 1.82) is 0 Å². The minimum absolute atomic E-state index is 0.237. The Kier molecular flexibility index (Phi) is 9.95. The first-order valence-electron chi connectivity index (χ1n) is 29.1. The highest BCUT2D eigenvalue weighted by Gasteiger charge is 2.41. The fourth-order valence-electron chi connectivity index (χ4n) is 14.5. The number of halogens is 1. The van der Waals surface area contributed by atoms with Crippen molar-refractivity contribution in [3.8, 4) is 78.9 Å². The van der Waals surface area contributed by atoms with Gasteiger partial charge < -0.3 is 27.4 Å². The van der Waals surface area contributed by atoms with E-state index in [2.05, 4.69) is 240 Å². The smallest absolute Gasteiger partial charge is 0.260 e. The molecule has 2 aliphatic heterocycles. The lowest BCUT2D eigenvalue weighted by molar-refractivity contribution is 0.465. The quantitative estimate of drug-likeness (QED) is 0.156. The van der Waals surface area contributed by atoms with Crippen LogP contribution in [0.3, 0.4) is 0 Å². The highest BCUT2D eigenvalue weighted by atomic mass is 35.5. The highest BCUT2D eigenvalue weighted by Crippen LogP contribution is 2.49. The summed E-state index contributed by atoms with van der Waals surface area (Å²) in [7, 11) is 0. The zero-order valence-electron chi connectivity index (χ0n) is 45.9. The lowest BCUT2D eigenvalue weighted by atomic mass is 9.35. The van der Waals surface area contributed by atoms with Crippen molar-refractivity contribution in [2.75, 3.05) is 0 Å². The van der Waals surface area contributed by atoms with E-state index in [0.29, 0.717) is 16.5 Å². The number of aromatic nitrogens is 2. The molecule has 13 aromatic carbocycles. The van der Waals surface area contributed by atoms with Gasteiger partial charge in [0.1, 0.15) is 45.3 Å². The molecule has 0 N–H and O–H groups in total. The van der Waals surface area contributed by atoms with Crippen molar-refractivity contribution in [3.05, 3.63) is 272 Å². The third-order valence-electron chi connectivity index (χ3n) is 18.1.